The Hall–Kier alpha value is -2.77. The maximum absolute atomic E-state index is 11.0. The van der Waals surface area contributed by atoms with Gasteiger partial charge in [-0.2, -0.15) is 5.10 Å². The fourth-order valence-electron chi connectivity index (χ4n) is 1.68. The van der Waals surface area contributed by atoms with Gasteiger partial charge in [0.15, 0.2) is 5.65 Å². The molecule has 0 aliphatic heterocycles. The number of imidazole rings is 1. The number of aromatic carboxylic acids is 1. The predicted molar refractivity (Wildman–Crippen MR) is 60.0 cm³/mol. The van der Waals surface area contributed by atoms with E-state index in [9.17, 15) is 4.79 Å². The highest BCUT2D eigenvalue weighted by Gasteiger charge is 2.13. The first kappa shape index (κ1) is 10.4. The van der Waals surface area contributed by atoms with Crippen molar-refractivity contribution in [2.24, 2.45) is 0 Å². The zero-order valence-corrected chi connectivity index (χ0v) is 9.11. The first-order valence-corrected chi connectivity index (χ1v) is 5.13. The topological polar surface area (TPSA) is 110 Å². The number of rotatable bonds is 3. The van der Waals surface area contributed by atoms with Crippen LogP contribution in [0, 0.1) is 0 Å². The second-order valence-corrected chi connectivity index (χ2v) is 3.64. The summed E-state index contributed by atoms with van der Waals surface area (Å²) in [7, 11) is 0. The highest BCUT2D eigenvalue weighted by Crippen LogP contribution is 2.14. The Balaban J connectivity index is 2.05. The second-order valence-electron chi connectivity index (χ2n) is 3.64. The van der Waals surface area contributed by atoms with Gasteiger partial charge in [0, 0.05) is 6.20 Å². The zero-order chi connectivity index (χ0) is 12.5. The van der Waals surface area contributed by atoms with Gasteiger partial charge in [0.25, 0.3) is 0 Å². The maximum atomic E-state index is 11.0. The Morgan fingerprint density at radius 1 is 1.50 bits per heavy atom. The summed E-state index contributed by atoms with van der Waals surface area (Å²) in [6.45, 7) is 0.384. The van der Waals surface area contributed by atoms with Crippen molar-refractivity contribution in [1.29, 1.82) is 0 Å². The van der Waals surface area contributed by atoms with Gasteiger partial charge in [0.1, 0.15) is 25.0 Å². The molecule has 0 fully saturated rings. The first-order valence-electron chi connectivity index (χ1n) is 5.13. The SMILES string of the molecule is O=C(O)c1ccnc2nc(Cn3cncn3)[nH]c12. The summed E-state index contributed by atoms with van der Waals surface area (Å²) >= 11 is 0. The summed E-state index contributed by atoms with van der Waals surface area (Å²) in [6.07, 6.45) is 4.40. The molecule has 3 rings (SSSR count). The summed E-state index contributed by atoms with van der Waals surface area (Å²) in [5.74, 6) is -0.435. The fraction of sp³-hybridized carbons (Fsp3) is 0.100. The Labute approximate surface area is 100 Å². The number of nitrogens with one attached hydrogen (secondary N) is 1. The standard InChI is InChI=1S/C10H8N6O2/c17-10(18)6-1-2-12-9-8(6)14-7(15-9)3-16-5-11-4-13-16/h1-2,4-5H,3H2,(H,17,18)(H,12,14,15). The molecule has 0 radical (unpaired) electrons. The molecule has 0 saturated carbocycles. The number of carboxylic acid groups (broad SMARTS) is 1. The van der Waals surface area contributed by atoms with Crippen LogP contribution in [-0.4, -0.2) is 40.8 Å². The van der Waals surface area contributed by atoms with Gasteiger partial charge >= 0.3 is 5.97 Å². The van der Waals surface area contributed by atoms with Gasteiger partial charge in [-0.15, -0.1) is 0 Å². The molecule has 3 aromatic heterocycles. The van der Waals surface area contributed by atoms with Gasteiger partial charge in [0.2, 0.25) is 0 Å². The van der Waals surface area contributed by atoms with E-state index in [0.29, 0.717) is 23.5 Å². The molecule has 2 N–H and O–H groups in total. The van der Waals surface area contributed by atoms with Crippen molar-refractivity contribution in [2.75, 3.05) is 0 Å². The summed E-state index contributed by atoms with van der Waals surface area (Å²) < 4.78 is 1.58. The minimum atomic E-state index is -1.02. The van der Waals surface area contributed by atoms with E-state index in [-0.39, 0.29) is 5.56 Å². The van der Waals surface area contributed by atoms with E-state index in [0.717, 1.165) is 0 Å². The van der Waals surface area contributed by atoms with Gasteiger partial charge in [-0.25, -0.2) is 24.4 Å². The van der Waals surface area contributed by atoms with Gasteiger partial charge in [-0.3, -0.25) is 0 Å². The van der Waals surface area contributed by atoms with E-state index in [4.69, 9.17) is 5.11 Å². The number of pyridine rings is 1. The molecule has 0 amide bonds. The molecular formula is C10H8N6O2. The molecule has 0 atom stereocenters. The van der Waals surface area contributed by atoms with Crippen molar-refractivity contribution in [1.82, 2.24) is 29.7 Å². The molecule has 0 spiro atoms. The van der Waals surface area contributed by atoms with Crippen LogP contribution < -0.4 is 0 Å². The molecule has 0 bridgehead atoms. The third-order valence-electron chi connectivity index (χ3n) is 2.45. The molecule has 0 aromatic carbocycles. The zero-order valence-electron chi connectivity index (χ0n) is 9.11. The first-order chi connectivity index (χ1) is 8.74. The fourth-order valence-corrected chi connectivity index (χ4v) is 1.68. The lowest BCUT2D eigenvalue weighted by Gasteiger charge is -1.95. The van der Waals surface area contributed by atoms with Crippen molar-refractivity contribution >= 4 is 17.1 Å². The van der Waals surface area contributed by atoms with E-state index in [1.54, 1.807) is 11.0 Å². The quantitative estimate of drug-likeness (QED) is 0.685. The van der Waals surface area contributed by atoms with Crippen LogP contribution in [0.4, 0.5) is 0 Å². The van der Waals surface area contributed by atoms with Gasteiger partial charge in [-0.05, 0) is 6.07 Å². The molecule has 18 heavy (non-hydrogen) atoms. The molecule has 3 aromatic rings. The van der Waals surface area contributed by atoms with E-state index in [1.165, 1.54) is 18.6 Å². The number of fused-ring (bicyclic) bond motifs is 1. The Morgan fingerprint density at radius 3 is 3.11 bits per heavy atom. The summed E-state index contributed by atoms with van der Waals surface area (Å²) in [6, 6.07) is 1.43. The van der Waals surface area contributed by atoms with Crippen molar-refractivity contribution in [3.8, 4) is 0 Å². The molecule has 0 aliphatic carbocycles. The number of H-pyrrole nitrogens is 1. The van der Waals surface area contributed by atoms with E-state index >= 15 is 0 Å². The molecule has 0 aliphatic rings. The normalized spacial score (nSPS) is 10.9. The third kappa shape index (κ3) is 1.69. The van der Waals surface area contributed by atoms with Crippen molar-refractivity contribution in [2.45, 2.75) is 6.54 Å². The minimum absolute atomic E-state index is 0.150. The number of nitrogens with zero attached hydrogens (tertiary/aromatic N) is 5. The van der Waals surface area contributed by atoms with Gasteiger partial charge < -0.3 is 10.1 Å². The van der Waals surface area contributed by atoms with Crippen LogP contribution in [0.3, 0.4) is 0 Å². The molecule has 8 heteroatoms. The third-order valence-corrected chi connectivity index (χ3v) is 2.45. The molecule has 0 unspecified atom stereocenters. The highest BCUT2D eigenvalue weighted by atomic mass is 16.4. The van der Waals surface area contributed by atoms with E-state index in [1.807, 2.05) is 0 Å². The number of hydrogen-bond acceptors (Lipinski definition) is 5. The largest absolute Gasteiger partial charge is 0.478 e. The van der Waals surface area contributed by atoms with Crippen LogP contribution in [-0.2, 0) is 6.54 Å². The van der Waals surface area contributed by atoms with Gasteiger partial charge in [-0.1, -0.05) is 0 Å². The number of carboxylic acids is 1. The summed E-state index contributed by atoms with van der Waals surface area (Å²) in [5, 5.41) is 13.0. The molecule has 8 nitrogen and oxygen atoms in total. The monoisotopic (exact) mass is 244 g/mol. The smallest absolute Gasteiger partial charge is 0.338 e. The van der Waals surface area contributed by atoms with Crippen molar-refractivity contribution in [3.63, 3.8) is 0 Å². The van der Waals surface area contributed by atoms with Crippen LogP contribution in [0.25, 0.3) is 11.2 Å². The Morgan fingerprint density at radius 2 is 2.39 bits per heavy atom. The minimum Gasteiger partial charge on any atom is -0.478 e. The molecule has 90 valence electrons. The average molecular weight is 244 g/mol. The molecular weight excluding hydrogens is 236 g/mol. The Bertz CT molecular complexity index is 702. The van der Waals surface area contributed by atoms with Crippen LogP contribution in [0.2, 0.25) is 0 Å². The summed E-state index contributed by atoms with van der Waals surface area (Å²) in [4.78, 5) is 26.0. The lowest BCUT2D eigenvalue weighted by molar-refractivity contribution is 0.0698. The van der Waals surface area contributed by atoms with E-state index in [2.05, 4.69) is 25.0 Å². The van der Waals surface area contributed by atoms with Crippen LogP contribution in [0.15, 0.2) is 24.9 Å². The average Bonchev–Trinajstić information content (AvgIpc) is 2.96. The van der Waals surface area contributed by atoms with Crippen molar-refractivity contribution < 1.29 is 9.90 Å². The lowest BCUT2D eigenvalue weighted by atomic mass is 10.2. The Kier molecular flexibility index (Phi) is 2.26. The number of aromatic nitrogens is 6. The van der Waals surface area contributed by atoms with Crippen molar-refractivity contribution in [3.05, 3.63) is 36.3 Å². The molecule has 3 heterocycles. The van der Waals surface area contributed by atoms with Crippen LogP contribution in [0.5, 0.6) is 0 Å². The predicted octanol–water partition coefficient (Wildman–Crippen LogP) is 0.296. The number of hydrogen-bond donors (Lipinski definition) is 2. The van der Waals surface area contributed by atoms with Crippen LogP contribution >= 0.6 is 0 Å². The summed E-state index contributed by atoms with van der Waals surface area (Å²) in [5.41, 5.74) is 0.947. The number of aromatic amines is 1. The highest BCUT2D eigenvalue weighted by molar-refractivity contribution is 5.99. The van der Waals surface area contributed by atoms with E-state index < -0.39 is 5.97 Å². The number of carbonyl (C=O) groups is 1. The second kappa shape index (κ2) is 3.91. The maximum Gasteiger partial charge on any atom is 0.338 e. The lowest BCUT2D eigenvalue weighted by Crippen LogP contribution is -2.01. The van der Waals surface area contributed by atoms with Gasteiger partial charge in [0.05, 0.1) is 11.1 Å². The van der Waals surface area contributed by atoms with Crippen LogP contribution in [0.1, 0.15) is 16.2 Å². The molecule has 0 saturated heterocycles.